The summed E-state index contributed by atoms with van der Waals surface area (Å²) in [6, 6.07) is 47.9. The molecule has 3 atom stereocenters. The highest BCUT2D eigenvalue weighted by atomic mass is 15.9. The summed E-state index contributed by atoms with van der Waals surface area (Å²) in [4.78, 5) is 0. The van der Waals surface area contributed by atoms with Gasteiger partial charge in [-0.15, -0.1) is 0 Å². The van der Waals surface area contributed by atoms with Crippen molar-refractivity contribution in [1.29, 1.82) is 0 Å². The van der Waals surface area contributed by atoms with Gasteiger partial charge in [-0.05, 0) is 78.0 Å². The summed E-state index contributed by atoms with van der Waals surface area (Å²) in [5.41, 5.74) is 15.4. The number of nitrogens with zero attached hydrogens (tertiary/aromatic N) is 2. The molecule has 6 aromatic rings. The second-order valence-corrected chi connectivity index (χ2v) is 14.3. The maximum absolute atomic E-state index is 2.57. The summed E-state index contributed by atoms with van der Waals surface area (Å²) >= 11 is 0. The first-order valence-electron chi connectivity index (χ1n) is 16.3. The highest BCUT2D eigenvalue weighted by molar-refractivity contribution is 5.83. The van der Waals surface area contributed by atoms with Gasteiger partial charge in [0.1, 0.15) is 6.17 Å². The van der Waals surface area contributed by atoms with Gasteiger partial charge >= 0.3 is 0 Å². The minimum Gasteiger partial charge on any atom is -0.212 e. The molecular formula is C43H38N2. The molecule has 1 saturated heterocycles. The first-order valence-corrected chi connectivity index (χ1v) is 16.3. The average Bonchev–Trinajstić information content (AvgIpc) is 3.60. The number of hydrogen-bond donors (Lipinski definition) is 0. The molecule has 2 nitrogen and oxygen atoms in total. The van der Waals surface area contributed by atoms with E-state index in [4.69, 9.17) is 0 Å². The summed E-state index contributed by atoms with van der Waals surface area (Å²) in [6.07, 6.45) is 0.236. The van der Waals surface area contributed by atoms with E-state index in [2.05, 4.69) is 165 Å². The van der Waals surface area contributed by atoms with Crippen LogP contribution in [0.4, 0.5) is 0 Å². The van der Waals surface area contributed by atoms with Crippen LogP contribution in [0.15, 0.2) is 127 Å². The van der Waals surface area contributed by atoms with Crippen LogP contribution in [-0.2, 0) is 23.9 Å². The van der Waals surface area contributed by atoms with Crippen LogP contribution in [0, 0.1) is 0 Å². The van der Waals surface area contributed by atoms with Crippen molar-refractivity contribution in [2.75, 3.05) is 0 Å². The van der Waals surface area contributed by atoms with Crippen LogP contribution in [0.25, 0.3) is 33.0 Å². The lowest BCUT2D eigenvalue weighted by molar-refractivity contribution is 0.293. The van der Waals surface area contributed by atoms with Gasteiger partial charge in [-0.1, -0.05) is 149 Å². The number of fused-ring (bicyclic) bond motifs is 7. The Morgan fingerprint density at radius 1 is 0.444 bits per heavy atom. The third-order valence-electron chi connectivity index (χ3n) is 10.9. The van der Waals surface area contributed by atoms with Gasteiger partial charge in [-0.2, -0.15) is 0 Å². The van der Waals surface area contributed by atoms with Crippen molar-refractivity contribution in [3.8, 4) is 22.3 Å². The summed E-state index contributed by atoms with van der Waals surface area (Å²) in [7, 11) is 0. The Bertz CT molecular complexity index is 2150. The van der Waals surface area contributed by atoms with Crippen LogP contribution >= 0.6 is 0 Å². The third kappa shape index (κ3) is 4.02. The van der Waals surface area contributed by atoms with Gasteiger partial charge in [0.25, 0.3) is 0 Å². The molecule has 0 bridgehead atoms. The standard InChI is InChI=1S/C43H38N2/c1-42(2)37-15-9-7-13-33(37)35-21-18-29(24-39(35)42)27-45-41(44(45)26-28-17-19-30-11-5-6-12-31(30)23-28)32-20-22-36-34-14-8-10-16-38(34)43(3,4)40(36)25-32/h5-25,41H,26-27H2,1-4H3/t41?,44-,45+/m0/s1. The van der Waals surface area contributed by atoms with E-state index in [9.17, 15) is 0 Å². The zero-order valence-electron chi connectivity index (χ0n) is 26.5. The molecule has 0 amide bonds. The summed E-state index contributed by atoms with van der Waals surface area (Å²) in [6.45, 7) is 11.3. The number of hydrazine groups is 1. The van der Waals surface area contributed by atoms with E-state index in [0.29, 0.717) is 0 Å². The fourth-order valence-electron chi connectivity index (χ4n) is 8.39. The largest absolute Gasteiger partial charge is 0.212 e. The molecule has 0 radical (unpaired) electrons. The minimum atomic E-state index is -0.00853. The zero-order chi connectivity index (χ0) is 30.5. The number of rotatable bonds is 5. The van der Waals surface area contributed by atoms with E-state index in [1.54, 1.807) is 0 Å². The molecular weight excluding hydrogens is 544 g/mol. The molecule has 0 spiro atoms. The highest BCUT2D eigenvalue weighted by Crippen LogP contribution is 2.53. The van der Waals surface area contributed by atoms with Crippen molar-refractivity contribution in [2.24, 2.45) is 0 Å². The summed E-state index contributed by atoms with van der Waals surface area (Å²) in [5.74, 6) is 0. The Labute approximate surface area is 266 Å². The van der Waals surface area contributed by atoms with Crippen LogP contribution in [0.3, 0.4) is 0 Å². The van der Waals surface area contributed by atoms with Gasteiger partial charge in [0, 0.05) is 23.9 Å². The van der Waals surface area contributed by atoms with Crippen molar-refractivity contribution < 1.29 is 0 Å². The highest BCUT2D eigenvalue weighted by Gasteiger charge is 2.47. The molecule has 2 aliphatic carbocycles. The minimum absolute atomic E-state index is 0.00553. The fraction of sp³-hybridized carbons (Fsp3) is 0.209. The first kappa shape index (κ1) is 26.9. The predicted molar refractivity (Wildman–Crippen MR) is 186 cm³/mol. The van der Waals surface area contributed by atoms with Crippen molar-refractivity contribution in [3.05, 3.63) is 166 Å². The maximum atomic E-state index is 2.57. The first-order chi connectivity index (χ1) is 21.8. The normalized spacial score (nSPS) is 21.2. The van der Waals surface area contributed by atoms with E-state index < -0.39 is 0 Å². The Kier molecular flexibility index (Phi) is 5.67. The van der Waals surface area contributed by atoms with Crippen molar-refractivity contribution >= 4 is 10.8 Å². The van der Waals surface area contributed by atoms with Gasteiger partial charge in [0.05, 0.1) is 0 Å². The zero-order valence-corrected chi connectivity index (χ0v) is 26.5. The fourth-order valence-corrected chi connectivity index (χ4v) is 8.39. The molecule has 0 N–H and O–H groups in total. The van der Waals surface area contributed by atoms with Gasteiger partial charge in [-0.3, -0.25) is 0 Å². The lowest BCUT2D eigenvalue weighted by Gasteiger charge is -2.22. The molecule has 1 fully saturated rings. The molecule has 6 aromatic carbocycles. The lowest BCUT2D eigenvalue weighted by Crippen LogP contribution is -2.15. The summed E-state index contributed by atoms with van der Waals surface area (Å²) < 4.78 is 0. The molecule has 1 unspecified atom stereocenters. The van der Waals surface area contributed by atoms with Gasteiger partial charge < -0.3 is 0 Å². The maximum Gasteiger partial charge on any atom is 0.116 e. The van der Waals surface area contributed by atoms with Crippen LogP contribution in [-0.4, -0.2) is 10.0 Å². The SMILES string of the molecule is CC1(C)c2ccccc2-c2ccc(C[N@]3C(c4ccc5c(c4)C(C)(C)c4ccccc4-5)[N@]3Cc3ccc4ccccc4c3)cc21. The molecule has 1 heterocycles. The predicted octanol–water partition coefficient (Wildman–Crippen LogP) is 10.4. The third-order valence-corrected chi connectivity index (χ3v) is 10.9. The molecule has 0 saturated carbocycles. The van der Waals surface area contributed by atoms with Crippen LogP contribution in [0.5, 0.6) is 0 Å². The van der Waals surface area contributed by atoms with E-state index in [0.717, 1.165) is 13.1 Å². The van der Waals surface area contributed by atoms with E-state index in [1.165, 1.54) is 72.0 Å². The Hall–Kier alpha value is -4.50. The topological polar surface area (TPSA) is 6.02 Å². The molecule has 0 aromatic heterocycles. The molecule has 9 rings (SSSR count). The van der Waals surface area contributed by atoms with Crippen LogP contribution < -0.4 is 0 Å². The van der Waals surface area contributed by atoms with Gasteiger partial charge in [0.2, 0.25) is 0 Å². The van der Waals surface area contributed by atoms with Crippen molar-refractivity contribution in [3.63, 3.8) is 0 Å². The van der Waals surface area contributed by atoms with Crippen LogP contribution in [0.2, 0.25) is 0 Å². The van der Waals surface area contributed by atoms with Crippen LogP contribution in [0.1, 0.15) is 72.8 Å². The second kappa shape index (κ2) is 9.50. The molecule has 3 aliphatic rings. The molecule has 1 aliphatic heterocycles. The monoisotopic (exact) mass is 582 g/mol. The Balaban J connectivity index is 1.08. The average molecular weight is 583 g/mol. The van der Waals surface area contributed by atoms with Crippen molar-refractivity contribution in [2.45, 2.75) is 57.8 Å². The molecule has 2 heteroatoms. The smallest absolute Gasteiger partial charge is 0.116 e. The molecule has 220 valence electrons. The lowest BCUT2D eigenvalue weighted by atomic mass is 9.82. The van der Waals surface area contributed by atoms with Crippen molar-refractivity contribution in [1.82, 2.24) is 10.0 Å². The van der Waals surface area contributed by atoms with E-state index in [-0.39, 0.29) is 17.0 Å². The molecule has 45 heavy (non-hydrogen) atoms. The second-order valence-electron chi connectivity index (χ2n) is 14.3. The quantitative estimate of drug-likeness (QED) is 0.187. The van der Waals surface area contributed by atoms with E-state index in [1.807, 2.05) is 0 Å². The number of hydrogen-bond acceptors (Lipinski definition) is 2. The van der Waals surface area contributed by atoms with Gasteiger partial charge in [-0.25, -0.2) is 10.0 Å². The van der Waals surface area contributed by atoms with E-state index >= 15 is 0 Å². The Morgan fingerprint density at radius 2 is 0.933 bits per heavy atom. The summed E-state index contributed by atoms with van der Waals surface area (Å²) in [5, 5.41) is 7.73. The number of benzene rings is 6. The van der Waals surface area contributed by atoms with Gasteiger partial charge in [0.15, 0.2) is 0 Å². The Morgan fingerprint density at radius 3 is 1.60 bits per heavy atom.